The van der Waals surface area contributed by atoms with Crippen molar-refractivity contribution >= 4 is 5.97 Å². The maximum absolute atomic E-state index is 10.5. The Hall–Kier alpha value is -0.830. The lowest BCUT2D eigenvalue weighted by molar-refractivity contribution is -0.137. The second-order valence-corrected chi connectivity index (χ2v) is 7.39. The Morgan fingerprint density at radius 1 is 0.840 bits per heavy atom. The van der Waals surface area contributed by atoms with Crippen LogP contribution in [0.3, 0.4) is 0 Å². The van der Waals surface area contributed by atoms with Crippen LogP contribution in [0, 0.1) is 0 Å². The van der Waals surface area contributed by atoms with Gasteiger partial charge in [-0.05, 0) is 45.6 Å². The maximum atomic E-state index is 10.5. The van der Waals surface area contributed by atoms with Gasteiger partial charge in [-0.1, -0.05) is 76.9 Å². The lowest BCUT2D eigenvalue weighted by Crippen LogP contribution is -2.29. The van der Waals surface area contributed by atoms with Crippen molar-refractivity contribution in [3.63, 3.8) is 0 Å². The van der Waals surface area contributed by atoms with Crippen molar-refractivity contribution in [1.29, 1.82) is 0 Å². The molecule has 0 rings (SSSR count). The summed E-state index contributed by atoms with van der Waals surface area (Å²) in [6, 6.07) is 0.0839. The predicted molar refractivity (Wildman–Crippen MR) is 109 cm³/mol. The molecule has 0 spiro atoms. The van der Waals surface area contributed by atoms with Crippen molar-refractivity contribution in [1.82, 2.24) is 5.32 Å². The zero-order chi connectivity index (χ0) is 18.6. The zero-order valence-electron chi connectivity index (χ0n) is 16.9. The number of hydrogen-bond acceptors (Lipinski definition) is 2. The Kier molecular flexibility index (Phi) is 18.8. The lowest BCUT2D eigenvalue weighted by atomic mass is 10.1. The van der Waals surface area contributed by atoms with Crippen molar-refractivity contribution in [3.05, 3.63) is 12.2 Å². The predicted octanol–water partition coefficient (Wildman–Crippen LogP) is 6.48. The first-order valence-electron chi connectivity index (χ1n) is 10.8. The molecule has 0 aromatic carbocycles. The van der Waals surface area contributed by atoms with Crippen LogP contribution in [-0.2, 0) is 4.79 Å². The highest BCUT2D eigenvalue weighted by Crippen LogP contribution is 2.09. The van der Waals surface area contributed by atoms with Gasteiger partial charge in [0.25, 0.3) is 0 Å². The number of aliphatic carboxylic acids is 1. The molecule has 0 saturated heterocycles. The quantitative estimate of drug-likeness (QED) is 0.206. The van der Waals surface area contributed by atoms with E-state index in [4.69, 9.17) is 5.11 Å². The van der Waals surface area contributed by atoms with Crippen LogP contribution in [0.15, 0.2) is 12.2 Å². The Morgan fingerprint density at radius 3 is 1.84 bits per heavy atom. The number of carboxylic acid groups (broad SMARTS) is 1. The summed E-state index contributed by atoms with van der Waals surface area (Å²) < 4.78 is 0. The highest BCUT2D eigenvalue weighted by molar-refractivity contribution is 5.67. The van der Waals surface area contributed by atoms with E-state index in [9.17, 15) is 4.79 Å². The van der Waals surface area contributed by atoms with Crippen molar-refractivity contribution in [2.24, 2.45) is 0 Å². The fourth-order valence-electron chi connectivity index (χ4n) is 3.06. The van der Waals surface area contributed by atoms with Gasteiger partial charge in [0.15, 0.2) is 0 Å². The molecular formula is C22H43NO2. The first-order valence-corrected chi connectivity index (χ1v) is 10.8. The fraction of sp³-hybridized carbons (Fsp3) is 0.864. The minimum absolute atomic E-state index is 0.0839. The summed E-state index contributed by atoms with van der Waals surface area (Å²) >= 11 is 0. The molecule has 1 atom stereocenters. The van der Waals surface area contributed by atoms with E-state index in [-0.39, 0.29) is 12.5 Å². The van der Waals surface area contributed by atoms with E-state index in [1.54, 1.807) is 0 Å². The van der Waals surface area contributed by atoms with Gasteiger partial charge in [-0.2, -0.15) is 0 Å². The fourth-order valence-corrected chi connectivity index (χ4v) is 3.06. The molecule has 148 valence electrons. The van der Waals surface area contributed by atoms with E-state index >= 15 is 0 Å². The summed E-state index contributed by atoms with van der Waals surface area (Å²) in [5.41, 5.74) is 0. The van der Waals surface area contributed by atoms with Crippen LogP contribution in [0.5, 0.6) is 0 Å². The Morgan fingerprint density at radius 2 is 1.32 bits per heavy atom. The Labute approximate surface area is 156 Å². The van der Waals surface area contributed by atoms with Crippen molar-refractivity contribution < 1.29 is 9.90 Å². The average Bonchev–Trinajstić information content (AvgIpc) is 2.57. The van der Waals surface area contributed by atoms with Crippen LogP contribution in [0.4, 0.5) is 0 Å². The van der Waals surface area contributed by atoms with Gasteiger partial charge in [-0.3, -0.25) is 4.79 Å². The van der Waals surface area contributed by atoms with Crippen LogP contribution in [0.25, 0.3) is 0 Å². The molecule has 1 unspecified atom stereocenters. The molecule has 0 aliphatic carbocycles. The minimum atomic E-state index is -0.721. The van der Waals surface area contributed by atoms with Crippen LogP contribution in [0.2, 0.25) is 0 Å². The third-order valence-electron chi connectivity index (χ3n) is 4.66. The summed E-state index contributed by atoms with van der Waals surface area (Å²) in [7, 11) is 0. The molecule has 0 amide bonds. The van der Waals surface area contributed by atoms with Crippen LogP contribution in [0.1, 0.15) is 110 Å². The smallest absolute Gasteiger partial charge is 0.304 e. The summed E-state index contributed by atoms with van der Waals surface area (Å²) in [6.45, 7) is 5.15. The topological polar surface area (TPSA) is 49.3 Å². The molecule has 0 radical (unpaired) electrons. The second-order valence-electron chi connectivity index (χ2n) is 7.39. The number of carbonyl (C=O) groups is 1. The SMILES string of the molecule is CCCCCCCC/C=C\CCCCCCCCNC(C)CC(=O)O. The monoisotopic (exact) mass is 353 g/mol. The van der Waals surface area contributed by atoms with Crippen molar-refractivity contribution in [2.45, 2.75) is 116 Å². The molecule has 0 aliphatic rings. The van der Waals surface area contributed by atoms with Gasteiger partial charge in [0, 0.05) is 6.04 Å². The van der Waals surface area contributed by atoms with E-state index < -0.39 is 5.97 Å². The molecule has 0 heterocycles. The number of rotatable bonds is 19. The number of unbranched alkanes of at least 4 members (excludes halogenated alkanes) is 12. The van der Waals surface area contributed by atoms with Crippen LogP contribution >= 0.6 is 0 Å². The Bertz CT molecular complexity index is 315. The van der Waals surface area contributed by atoms with Gasteiger partial charge in [-0.25, -0.2) is 0 Å². The first-order chi connectivity index (χ1) is 12.2. The summed E-state index contributed by atoms with van der Waals surface area (Å²) in [6.07, 6.45) is 23.5. The molecule has 0 aliphatic heterocycles. The van der Waals surface area contributed by atoms with Crippen molar-refractivity contribution in [3.8, 4) is 0 Å². The van der Waals surface area contributed by atoms with E-state index in [0.29, 0.717) is 0 Å². The third kappa shape index (κ3) is 21.1. The minimum Gasteiger partial charge on any atom is -0.481 e. The maximum Gasteiger partial charge on any atom is 0.304 e. The molecule has 0 aromatic heterocycles. The molecule has 25 heavy (non-hydrogen) atoms. The van der Waals surface area contributed by atoms with Crippen LogP contribution in [-0.4, -0.2) is 23.7 Å². The number of nitrogens with one attached hydrogen (secondary N) is 1. The summed E-state index contributed by atoms with van der Waals surface area (Å²) in [5.74, 6) is -0.721. The normalized spacial score (nSPS) is 12.7. The average molecular weight is 354 g/mol. The molecule has 3 nitrogen and oxygen atoms in total. The van der Waals surface area contributed by atoms with Gasteiger partial charge < -0.3 is 10.4 Å². The molecule has 3 heteroatoms. The molecule has 0 aromatic rings. The van der Waals surface area contributed by atoms with Crippen LogP contribution < -0.4 is 5.32 Å². The first kappa shape index (κ1) is 24.2. The second kappa shape index (κ2) is 19.5. The van der Waals surface area contributed by atoms with Gasteiger partial charge in [-0.15, -0.1) is 0 Å². The van der Waals surface area contributed by atoms with E-state index in [1.807, 2.05) is 6.92 Å². The van der Waals surface area contributed by atoms with Gasteiger partial charge in [0.2, 0.25) is 0 Å². The molecule has 0 bridgehead atoms. The third-order valence-corrected chi connectivity index (χ3v) is 4.66. The van der Waals surface area contributed by atoms with Gasteiger partial charge in [0.05, 0.1) is 6.42 Å². The standard InChI is InChI=1S/C22H43NO2/c1-3-4-5-6-7-8-9-10-11-12-13-14-15-16-17-18-19-23-21(2)20-22(24)25/h10-11,21,23H,3-9,12-20H2,1-2H3,(H,24,25)/b11-10-. The molecular weight excluding hydrogens is 310 g/mol. The number of carboxylic acids is 1. The lowest BCUT2D eigenvalue weighted by Gasteiger charge is -2.10. The zero-order valence-corrected chi connectivity index (χ0v) is 16.9. The van der Waals surface area contributed by atoms with Gasteiger partial charge in [0.1, 0.15) is 0 Å². The molecule has 2 N–H and O–H groups in total. The summed E-state index contributed by atoms with van der Waals surface area (Å²) in [4.78, 5) is 10.5. The largest absolute Gasteiger partial charge is 0.481 e. The number of allylic oxidation sites excluding steroid dienone is 2. The van der Waals surface area contributed by atoms with E-state index in [1.165, 1.54) is 83.5 Å². The van der Waals surface area contributed by atoms with Crippen molar-refractivity contribution in [2.75, 3.05) is 6.54 Å². The molecule has 0 fully saturated rings. The van der Waals surface area contributed by atoms with E-state index in [0.717, 1.165) is 13.0 Å². The molecule has 0 saturated carbocycles. The van der Waals surface area contributed by atoms with E-state index in [2.05, 4.69) is 24.4 Å². The van der Waals surface area contributed by atoms with Gasteiger partial charge >= 0.3 is 5.97 Å². The highest BCUT2D eigenvalue weighted by Gasteiger charge is 2.05. The Balaban J connectivity index is 3.15. The highest BCUT2D eigenvalue weighted by atomic mass is 16.4. The summed E-state index contributed by atoms with van der Waals surface area (Å²) in [5, 5.41) is 12.0. The number of hydrogen-bond donors (Lipinski definition) is 2.